The Morgan fingerprint density at radius 2 is 1.59 bits per heavy atom. The molecule has 0 radical (unpaired) electrons. The van der Waals surface area contributed by atoms with Gasteiger partial charge in [-0.05, 0) is 43.4 Å². The van der Waals surface area contributed by atoms with Crippen molar-refractivity contribution in [2.45, 2.75) is 77.4 Å². The van der Waals surface area contributed by atoms with Gasteiger partial charge in [0.15, 0.2) is 0 Å². The number of ether oxygens (including phenoxy) is 2. The van der Waals surface area contributed by atoms with E-state index in [0.717, 1.165) is 31.2 Å². The van der Waals surface area contributed by atoms with Crippen molar-refractivity contribution in [2.75, 3.05) is 55.5 Å². The molecule has 3 rings (SSSR count). The summed E-state index contributed by atoms with van der Waals surface area (Å²) < 4.78 is 10.7. The molecule has 11 heteroatoms. The summed E-state index contributed by atoms with van der Waals surface area (Å²) in [7, 11) is 0. The van der Waals surface area contributed by atoms with Crippen LogP contribution in [-0.4, -0.2) is 72.5 Å². The first kappa shape index (κ1) is 30.5. The van der Waals surface area contributed by atoms with E-state index in [0.29, 0.717) is 81.6 Å². The molecule has 11 nitrogen and oxygen atoms in total. The van der Waals surface area contributed by atoms with Gasteiger partial charge >= 0.3 is 0 Å². The second kappa shape index (κ2) is 17.5. The lowest BCUT2D eigenvalue weighted by Crippen LogP contribution is -2.27. The van der Waals surface area contributed by atoms with Gasteiger partial charge in [-0.3, -0.25) is 4.79 Å². The minimum atomic E-state index is -0.134. The molecule has 1 saturated carbocycles. The van der Waals surface area contributed by atoms with Crippen LogP contribution in [-0.2, 0) is 16.0 Å². The van der Waals surface area contributed by atoms with Gasteiger partial charge in [-0.15, -0.1) is 0 Å². The minimum absolute atomic E-state index is 0.134. The van der Waals surface area contributed by atoms with Crippen LogP contribution >= 0.6 is 0 Å². The van der Waals surface area contributed by atoms with Crippen molar-refractivity contribution in [1.82, 2.24) is 20.3 Å². The van der Waals surface area contributed by atoms with Crippen LogP contribution in [0.25, 0.3) is 0 Å². The number of nitrogens with two attached hydrogens (primary N) is 1. The number of nitrogens with zero attached hydrogens (tertiary/aromatic N) is 3. The number of rotatable bonds is 18. The lowest BCUT2D eigenvalue weighted by molar-refractivity contribution is 0.0511. The molecule has 0 spiro atoms. The van der Waals surface area contributed by atoms with Crippen LogP contribution in [0.5, 0.6) is 0 Å². The third-order valence-electron chi connectivity index (χ3n) is 6.73. The fourth-order valence-corrected chi connectivity index (χ4v) is 4.39. The molecule has 0 saturated heterocycles. The number of carbonyl (C=O) groups is 1. The van der Waals surface area contributed by atoms with E-state index < -0.39 is 0 Å². The summed E-state index contributed by atoms with van der Waals surface area (Å²) in [6.07, 6.45) is 8.03. The quantitative estimate of drug-likeness (QED) is 0.177. The molecule has 0 bridgehead atoms. The van der Waals surface area contributed by atoms with Crippen molar-refractivity contribution in [3.8, 4) is 0 Å². The van der Waals surface area contributed by atoms with E-state index in [2.05, 4.69) is 50.1 Å². The minimum Gasteiger partial charge on any atom is -0.378 e. The molecule has 1 aliphatic carbocycles. The number of amides is 1. The second-order valence-electron chi connectivity index (χ2n) is 9.76. The maximum Gasteiger partial charge on any atom is 0.251 e. The second-order valence-corrected chi connectivity index (χ2v) is 9.76. The van der Waals surface area contributed by atoms with Crippen LogP contribution in [0.15, 0.2) is 24.3 Å². The maximum atomic E-state index is 12.4. The summed E-state index contributed by atoms with van der Waals surface area (Å²) in [5.41, 5.74) is 6.98. The Kier molecular flexibility index (Phi) is 13.7. The van der Waals surface area contributed by atoms with Crippen LogP contribution in [0, 0.1) is 0 Å². The first-order valence-electron chi connectivity index (χ1n) is 14.4. The van der Waals surface area contributed by atoms with Crippen molar-refractivity contribution in [1.29, 1.82) is 0 Å². The van der Waals surface area contributed by atoms with Gasteiger partial charge in [-0.25, -0.2) is 0 Å². The third-order valence-corrected chi connectivity index (χ3v) is 6.73. The Hall–Kier alpha value is -3.02. The van der Waals surface area contributed by atoms with Crippen molar-refractivity contribution in [3.63, 3.8) is 0 Å². The maximum absolute atomic E-state index is 12.4. The Balaban J connectivity index is 1.51. The molecule has 1 aliphatic rings. The highest BCUT2D eigenvalue weighted by Gasteiger charge is 2.16. The van der Waals surface area contributed by atoms with Crippen LogP contribution in [0.1, 0.15) is 74.7 Å². The predicted octanol–water partition coefficient (Wildman–Crippen LogP) is 3.55. The van der Waals surface area contributed by atoms with Crippen molar-refractivity contribution >= 4 is 23.8 Å². The Morgan fingerprint density at radius 1 is 0.923 bits per heavy atom. The first-order valence-corrected chi connectivity index (χ1v) is 14.4. The van der Waals surface area contributed by atoms with Gasteiger partial charge in [-0.2, -0.15) is 15.0 Å². The summed E-state index contributed by atoms with van der Waals surface area (Å²) in [4.78, 5) is 26.3. The normalized spacial score (nSPS) is 13.8. The summed E-state index contributed by atoms with van der Waals surface area (Å²) in [6.45, 7) is 7.70. The number of aromatic nitrogens is 3. The fourth-order valence-electron chi connectivity index (χ4n) is 4.39. The molecule has 1 heterocycles. The van der Waals surface area contributed by atoms with Gasteiger partial charge in [0, 0.05) is 37.3 Å². The van der Waals surface area contributed by atoms with Crippen LogP contribution in [0.3, 0.4) is 0 Å². The van der Waals surface area contributed by atoms with E-state index in [1.165, 1.54) is 19.3 Å². The number of hydrogen-bond acceptors (Lipinski definition) is 10. The topological polar surface area (TPSA) is 148 Å². The standard InChI is InChI=1S/C28H46N8O3/c1-3-23(4-2)32-27-34-26(35-28(36-27)33-24-8-6-5-7-9-24)31-20-21-10-12-22(13-11-21)25(37)30-15-17-39-19-18-38-16-14-29/h10-13,23-24H,3-9,14-20,29H2,1-2H3,(H,30,37)(H3,31,32,33,34,35,36). The van der Waals surface area contributed by atoms with Gasteiger partial charge in [-0.1, -0.05) is 45.2 Å². The lowest BCUT2D eigenvalue weighted by Gasteiger charge is -2.23. The zero-order chi connectivity index (χ0) is 27.7. The molecule has 0 aliphatic heterocycles. The van der Waals surface area contributed by atoms with E-state index in [4.69, 9.17) is 15.2 Å². The third kappa shape index (κ3) is 11.3. The number of nitrogens with one attached hydrogen (secondary N) is 4. The molecule has 216 valence electrons. The van der Waals surface area contributed by atoms with E-state index in [1.54, 1.807) is 0 Å². The van der Waals surface area contributed by atoms with E-state index >= 15 is 0 Å². The Labute approximate surface area is 232 Å². The number of anilines is 3. The largest absolute Gasteiger partial charge is 0.378 e. The van der Waals surface area contributed by atoms with Crippen LogP contribution < -0.4 is 27.0 Å². The molecule has 0 unspecified atom stereocenters. The Bertz CT molecular complexity index is 966. The highest BCUT2D eigenvalue weighted by molar-refractivity contribution is 5.94. The molecular weight excluding hydrogens is 496 g/mol. The monoisotopic (exact) mass is 542 g/mol. The lowest BCUT2D eigenvalue weighted by atomic mass is 9.96. The van der Waals surface area contributed by atoms with Gasteiger partial charge in [0.25, 0.3) is 5.91 Å². The molecule has 1 aromatic carbocycles. The zero-order valence-electron chi connectivity index (χ0n) is 23.5. The summed E-state index contributed by atoms with van der Waals surface area (Å²) >= 11 is 0. The van der Waals surface area contributed by atoms with Gasteiger partial charge in [0.2, 0.25) is 17.8 Å². The number of hydrogen-bond donors (Lipinski definition) is 5. The van der Waals surface area contributed by atoms with E-state index in [-0.39, 0.29) is 5.91 Å². The fraction of sp³-hybridized carbons (Fsp3) is 0.643. The molecule has 2 aromatic rings. The van der Waals surface area contributed by atoms with E-state index in [1.807, 2.05) is 24.3 Å². The molecular formula is C28H46N8O3. The predicted molar refractivity (Wildman–Crippen MR) is 155 cm³/mol. The molecule has 0 atom stereocenters. The molecule has 6 N–H and O–H groups in total. The smallest absolute Gasteiger partial charge is 0.251 e. The van der Waals surface area contributed by atoms with Crippen LogP contribution in [0.4, 0.5) is 17.8 Å². The van der Waals surface area contributed by atoms with Gasteiger partial charge in [0.1, 0.15) is 0 Å². The van der Waals surface area contributed by atoms with E-state index in [9.17, 15) is 4.79 Å². The first-order chi connectivity index (χ1) is 19.1. The summed E-state index contributed by atoms with van der Waals surface area (Å²) in [6, 6.07) is 8.20. The van der Waals surface area contributed by atoms with Crippen molar-refractivity contribution < 1.29 is 14.3 Å². The van der Waals surface area contributed by atoms with Crippen molar-refractivity contribution in [2.24, 2.45) is 5.73 Å². The van der Waals surface area contributed by atoms with Crippen molar-refractivity contribution in [3.05, 3.63) is 35.4 Å². The van der Waals surface area contributed by atoms with Gasteiger partial charge in [0.05, 0.1) is 26.4 Å². The summed E-state index contributed by atoms with van der Waals surface area (Å²) in [5, 5.41) is 13.2. The highest BCUT2D eigenvalue weighted by atomic mass is 16.5. The summed E-state index contributed by atoms with van der Waals surface area (Å²) in [5.74, 6) is 1.57. The molecule has 39 heavy (non-hydrogen) atoms. The molecule has 1 amide bonds. The molecule has 1 aromatic heterocycles. The number of carbonyl (C=O) groups excluding carboxylic acids is 1. The highest BCUT2D eigenvalue weighted by Crippen LogP contribution is 2.21. The number of benzene rings is 1. The van der Waals surface area contributed by atoms with Crippen LogP contribution in [0.2, 0.25) is 0 Å². The average Bonchev–Trinajstić information content (AvgIpc) is 2.97. The molecule has 1 fully saturated rings. The Morgan fingerprint density at radius 3 is 2.28 bits per heavy atom. The average molecular weight is 543 g/mol. The zero-order valence-corrected chi connectivity index (χ0v) is 23.5. The van der Waals surface area contributed by atoms with Gasteiger partial charge < -0.3 is 36.5 Å². The SMILES string of the molecule is CCC(CC)Nc1nc(NCc2ccc(C(=O)NCCOCCOCCN)cc2)nc(NC2CCCCC2)n1.